The van der Waals surface area contributed by atoms with E-state index >= 15 is 4.39 Å². The van der Waals surface area contributed by atoms with Gasteiger partial charge in [-0.2, -0.15) is 9.36 Å². The van der Waals surface area contributed by atoms with Gasteiger partial charge in [0.05, 0.1) is 25.5 Å². The van der Waals surface area contributed by atoms with Crippen LogP contribution in [0.4, 0.5) is 27.5 Å². The van der Waals surface area contributed by atoms with Gasteiger partial charge in [-0.25, -0.2) is 24.0 Å². The first kappa shape index (κ1) is 26.1. The van der Waals surface area contributed by atoms with E-state index in [-0.39, 0.29) is 46.4 Å². The van der Waals surface area contributed by atoms with Crippen LogP contribution in [0.1, 0.15) is 39.5 Å². The lowest BCUT2D eigenvalue weighted by atomic mass is 9.84. The van der Waals surface area contributed by atoms with Gasteiger partial charge in [-0.1, -0.05) is 0 Å². The average molecular weight is 551 g/mol. The lowest BCUT2D eigenvalue weighted by Crippen LogP contribution is -2.55. The standard InChI is InChI=1S/C26H31FN10O3/c1-26(2)11-15(8-16-6-5-7-36(16)26)30-23-20(28-3)12-29-24(32-23)31-19-10-21(37-25(38)35(4)33-34-37)22(9-18(19)27)40-17-13-39-14-17/h9-10,12,15-17H,5-8,11,13-14H2,1-2,4H3,(H2,29,30,31,32)/t15-,16+/m1/s1. The molecular weight excluding hydrogens is 519 g/mol. The van der Waals surface area contributed by atoms with E-state index in [1.807, 2.05) is 0 Å². The summed E-state index contributed by atoms with van der Waals surface area (Å²) in [5.74, 6) is -0.00886. The predicted molar refractivity (Wildman–Crippen MR) is 144 cm³/mol. The first-order chi connectivity index (χ1) is 19.2. The average Bonchev–Trinajstić information content (AvgIpc) is 3.50. The molecule has 0 bridgehead atoms. The van der Waals surface area contributed by atoms with E-state index in [0.717, 1.165) is 35.2 Å². The highest BCUT2D eigenvalue weighted by atomic mass is 19.1. The fraction of sp³-hybridized carbons (Fsp3) is 0.538. The molecule has 6 rings (SSSR count). The number of nitrogens with zero attached hydrogens (tertiary/aromatic N) is 8. The fourth-order valence-electron chi connectivity index (χ4n) is 5.88. The van der Waals surface area contributed by atoms with Crippen LogP contribution >= 0.6 is 0 Å². The van der Waals surface area contributed by atoms with Gasteiger partial charge in [-0.3, -0.25) is 4.90 Å². The molecule has 0 radical (unpaired) electrons. The quantitative estimate of drug-likeness (QED) is 0.424. The minimum absolute atomic E-state index is 0.00618. The number of benzene rings is 1. The van der Waals surface area contributed by atoms with Crippen LogP contribution in [0.5, 0.6) is 5.75 Å². The van der Waals surface area contributed by atoms with Crippen molar-refractivity contribution in [1.29, 1.82) is 0 Å². The number of nitrogens with one attached hydrogen (secondary N) is 2. The number of hydrogen-bond donors (Lipinski definition) is 2. The molecule has 2 N–H and O–H groups in total. The number of fused-ring (bicyclic) bond motifs is 1. The van der Waals surface area contributed by atoms with Gasteiger partial charge in [0.1, 0.15) is 23.4 Å². The van der Waals surface area contributed by atoms with Crippen molar-refractivity contribution in [2.24, 2.45) is 7.05 Å². The molecule has 210 valence electrons. The summed E-state index contributed by atoms with van der Waals surface area (Å²) in [5.41, 5.74) is 0.0162. The van der Waals surface area contributed by atoms with Gasteiger partial charge in [0.15, 0.2) is 5.82 Å². The summed E-state index contributed by atoms with van der Waals surface area (Å²) in [6.45, 7) is 14.0. The van der Waals surface area contributed by atoms with E-state index in [4.69, 9.17) is 16.0 Å². The van der Waals surface area contributed by atoms with Crippen LogP contribution in [0.25, 0.3) is 10.5 Å². The zero-order valence-electron chi connectivity index (χ0n) is 22.6. The molecule has 0 saturated carbocycles. The molecule has 2 aromatic heterocycles. The molecule has 3 fully saturated rings. The van der Waals surface area contributed by atoms with Crippen molar-refractivity contribution in [3.8, 4) is 11.4 Å². The maximum atomic E-state index is 15.3. The van der Waals surface area contributed by atoms with Crippen molar-refractivity contribution in [3.05, 3.63) is 46.0 Å². The maximum Gasteiger partial charge on any atom is 0.368 e. The zero-order valence-corrected chi connectivity index (χ0v) is 22.6. The molecule has 0 amide bonds. The van der Waals surface area contributed by atoms with Crippen molar-refractivity contribution >= 4 is 23.1 Å². The van der Waals surface area contributed by atoms with E-state index in [9.17, 15) is 4.79 Å². The van der Waals surface area contributed by atoms with E-state index in [1.165, 1.54) is 31.8 Å². The molecule has 3 aromatic rings. The number of halogens is 1. The van der Waals surface area contributed by atoms with Gasteiger partial charge in [0, 0.05) is 36.9 Å². The van der Waals surface area contributed by atoms with Crippen LogP contribution in [0.3, 0.4) is 0 Å². The number of hydrogen-bond acceptors (Lipinski definition) is 10. The van der Waals surface area contributed by atoms with E-state index < -0.39 is 11.5 Å². The van der Waals surface area contributed by atoms with Crippen LogP contribution < -0.4 is 21.1 Å². The van der Waals surface area contributed by atoms with Crippen molar-refractivity contribution < 1.29 is 13.9 Å². The maximum absolute atomic E-state index is 15.3. The Morgan fingerprint density at radius 3 is 2.80 bits per heavy atom. The molecule has 40 heavy (non-hydrogen) atoms. The summed E-state index contributed by atoms with van der Waals surface area (Å²) in [7, 11) is 1.47. The highest BCUT2D eigenvalue weighted by Crippen LogP contribution is 2.39. The lowest BCUT2D eigenvalue weighted by Gasteiger charge is -2.48. The number of piperidine rings is 1. The van der Waals surface area contributed by atoms with Crippen molar-refractivity contribution in [1.82, 2.24) is 34.7 Å². The summed E-state index contributed by atoms with van der Waals surface area (Å²) in [6.07, 6.45) is 5.39. The summed E-state index contributed by atoms with van der Waals surface area (Å²) in [5, 5.41) is 14.0. The second-order valence-electron chi connectivity index (χ2n) is 11.1. The van der Waals surface area contributed by atoms with Gasteiger partial charge in [-0.05, 0) is 62.6 Å². The molecular formula is C26H31FN10O3. The van der Waals surface area contributed by atoms with Gasteiger partial charge in [0.25, 0.3) is 0 Å². The Kier molecular flexibility index (Phi) is 6.63. The molecule has 1 aromatic carbocycles. The molecule has 0 unspecified atom stereocenters. The third-order valence-corrected chi connectivity index (χ3v) is 7.83. The molecule has 5 heterocycles. The predicted octanol–water partition coefficient (Wildman–Crippen LogP) is 2.78. The number of aryl methyl sites for hydroxylation is 1. The monoisotopic (exact) mass is 550 g/mol. The zero-order chi connectivity index (χ0) is 28.0. The van der Waals surface area contributed by atoms with E-state index in [2.05, 4.69) is 54.6 Å². The summed E-state index contributed by atoms with van der Waals surface area (Å²) >= 11 is 0. The molecule has 3 saturated heterocycles. The first-order valence-corrected chi connectivity index (χ1v) is 13.3. The lowest BCUT2D eigenvalue weighted by molar-refractivity contribution is -0.0797. The topological polar surface area (TPSA) is 129 Å². The number of rotatable bonds is 7. The molecule has 13 nitrogen and oxygen atoms in total. The van der Waals surface area contributed by atoms with Crippen LogP contribution in [0.2, 0.25) is 0 Å². The molecule has 2 atom stereocenters. The SMILES string of the molecule is [C-]#[N+]c1cnc(Nc2cc(-n3nnn(C)c3=O)c(OC3COC3)cc2F)nc1N[C@@H]1C[C@@H]2CCCN2C(C)(C)C1. The second-order valence-corrected chi connectivity index (χ2v) is 11.1. The number of tetrazole rings is 1. The fourth-order valence-corrected chi connectivity index (χ4v) is 5.88. The van der Waals surface area contributed by atoms with Crippen molar-refractivity contribution in [2.45, 2.75) is 63.3 Å². The molecule has 3 aliphatic rings. The van der Waals surface area contributed by atoms with Gasteiger partial charge >= 0.3 is 5.69 Å². The third-order valence-electron chi connectivity index (χ3n) is 7.83. The number of anilines is 3. The van der Waals surface area contributed by atoms with Crippen LogP contribution in [-0.4, -0.2) is 78.1 Å². The Labute approximate surface area is 230 Å². The Balaban J connectivity index is 1.29. The second kappa shape index (κ2) is 10.1. The first-order valence-electron chi connectivity index (χ1n) is 13.3. The van der Waals surface area contributed by atoms with Gasteiger partial charge in [-0.15, -0.1) is 0 Å². The summed E-state index contributed by atoms with van der Waals surface area (Å²) in [6, 6.07) is 3.22. The highest BCUT2D eigenvalue weighted by molar-refractivity contribution is 5.69. The summed E-state index contributed by atoms with van der Waals surface area (Å²) in [4.78, 5) is 27.6. The van der Waals surface area contributed by atoms with Crippen molar-refractivity contribution in [2.75, 3.05) is 30.4 Å². The number of ether oxygens (including phenoxy) is 2. The Hall–Kier alpha value is -4.09. The summed E-state index contributed by atoms with van der Waals surface area (Å²) < 4.78 is 28.4. The molecule has 0 spiro atoms. The van der Waals surface area contributed by atoms with Crippen LogP contribution in [-0.2, 0) is 11.8 Å². The Morgan fingerprint density at radius 2 is 2.10 bits per heavy atom. The molecule has 3 aliphatic heterocycles. The number of aromatic nitrogens is 6. The van der Waals surface area contributed by atoms with Crippen LogP contribution in [0, 0.1) is 12.4 Å². The smallest absolute Gasteiger partial charge is 0.368 e. The Bertz CT molecular complexity index is 1530. The minimum atomic E-state index is -0.640. The minimum Gasteiger partial charge on any atom is -0.483 e. The molecule has 14 heteroatoms. The molecule has 0 aliphatic carbocycles. The van der Waals surface area contributed by atoms with Crippen LogP contribution in [0.15, 0.2) is 23.1 Å². The highest BCUT2D eigenvalue weighted by Gasteiger charge is 2.43. The third kappa shape index (κ3) is 4.86. The Morgan fingerprint density at radius 1 is 1.27 bits per heavy atom. The normalized spacial score (nSPS) is 22.3. The van der Waals surface area contributed by atoms with E-state index in [1.54, 1.807) is 0 Å². The largest absolute Gasteiger partial charge is 0.483 e. The van der Waals surface area contributed by atoms with E-state index in [0.29, 0.717) is 25.1 Å². The van der Waals surface area contributed by atoms with Crippen molar-refractivity contribution in [3.63, 3.8) is 0 Å². The van der Waals surface area contributed by atoms with Gasteiger partial charge in [0.2, 0.25) is 11.6 Å². The van der Waals surface area contributed by atoms with Gasteiger partial charge < -0.3 is 20.1 Å².